The Kier molecular flexibility index (Phi) is 3.60. The topological polar surface area (TPSA) is 63.7 Å². The molecule has 2 aromatic carbocycles. The van der Waals surface area contributed by atoms with Gasteiger partial charge in [0.25, 0.3) is 0 Å². The van der Waals surface area contributed by atoms with E-state index in [2.05, 4.69) is 51.3 Å². The van der Waals surface area contributed by atoms with Crippen LogP contribution in [0.15, 0.2) is 59.7 Å². The first-order valence-electron chi connectivity index (χ1n) is 9.08. The molecule has 0 amide bonds. The highest BCUT2D eigenvalue weighted by Crippen LogP contribution is 2.36. The molecule has 3 aromatic rings. The molecule has 0 fully saturated rings. The molecule has 0 aliphatic carbocycles. The SMILES string of the molecule is CN1CN=C(N)c2cc(-c3cccnc3-c3ccc4c(c3)CCO4)ccc21. The molecule has 2 N–H and O–H groups in total. The van der Waals surface area contributed by atoms with Crippen molar-refractivity contribution in [3.8, 4) is 28.1 Å². The molecule has 5 rings (SSSR count). The number of aromatic nitrogens is 1. The first kappa shape index (κ1) is 15.9. The van der Waals surface area contributed by atoms with Crippen LogP contribution in [0.4, 0.5) is 5.69 Å². The maximum Gasteiger partial charge on any atom is 0.129 e. The molecule has 3 heterocycles. The number of aliphatic imine (C=N–C) groups is 1. The van der Waals surface area contributed by atoms with E-state index in [4.69, 9.17) is 10.5 Å². The summed E-state index contributed by atoms with van der Waals surface area (Å²) in [5.41, 5.74) is 13.7. The maximum atomic E-state index is 6.16. The van der Waals surface area contributed by atoms with Gasteiger partial charge in [-0.05, 0) is 47.5 Å². The number of ether oxygens (including phenoxy) is 1. The van der Waals surface area contributed by atoms with E-state index in [1.165, 1.54) is 5.56 Å². The average Bonchev–Trinajstić information content (AvgIpc) is 3.18. The Bertz CT molecular complexity index is 1070. The molecule has 0 saturated carbocycles. The summed E-state index contributed by atoms with van der Waals surface area (Å²) in [5.74, 6) is 1.57. The normalized spacial score (nSPS) is 15.0. The molecule has 0 unspecified atom stereocenters. The number of hydrogen-bond acceptors (Lipinski definition) is 5. The summed E-state index contributed by atoms with van der Waals surface area (Å²) in [6, 6.07) is 16.7. The highest BCUT2D eigenvalue weighted by molar-refractivity contribution is 6.05. The highest BCUT2D eigenvalue weighted by Gasteiger charge is 2.19. The molecule has 0 atom stereocenters. The van der Waals surface area contributed by atoms with Gasteiger partial charge < -0.3 is 15.4 Å². The van der Waals surface area contributed by atoms with E-state index < -0.39 is 0 Å². The zero-order valence-corrected chi connectivity index (χ0v) is 15.1. The van der Waals surface area contributed by atoms with E-state index in [0.29, 0.717) is 12.5 Å². The molecule has 0 spiro atoms. The maximum absolute atomic E-state index is 6.16. The van der Waals surface area contributed by atoms with Crippen molar-refractivity contribution in [2.75, 3.05) is 25.2 Å². The second kappa shape index (κ2) is 6.13. The number of benzene rings is 2. The van der Waals surface area contributed by atoms with Gasteiger partial charge in [-0.1, -0.05) is 12.1 Å². The number of anilines is 1. The van der Waals surface area contributed by atoms with Crippen molar-refractivity contribution in [1.82, 2.24) is 4.98 Å². The fourth-order valence-electron chi connectivity index (χ4n) is 3.79. The zero-order chi connectivity index (χ0) is 18.4. The van der Waals surface area contributed by atoms with Crippen LogP contribution in [0.3, 0.4) is 0 Å². The number of pyridine rings is 1. The van der Waals surface area contributed by atoms with Crippen molar-refractivity contribution >= 4 is 11.5 Å². The number of fused-ring (bicyclic) bond motifs is 2. The summed E-state index contributed by atoms with van der Waals surface area (Å²) in [6.07, 6.45) is 2.79. The van der Waals surface area contributed by atoms with E-state index in [-0.39, 0.29) is 0 Å². The van der Waals surface area contributed by atoms with Gasteiger partial charge in [-0.2, -0.15) is 0 Å². The largest absolute Gasteiger partial charge is 0.493 e. The lowest BCUT2D eigenvalue weighted by Crippen LogP contribution is -2.29. The molecule has 2 aliphatic heterocycles. The van der Waals surface area contributed by atoms with E-state index in [1.54, 1.807) is 0 Å². The molecule has 0 bridgehead atoms. The summed E-state index contributed by atoms with van der Waals surface area (Å²) in [4.78, 5) is 11.2. The van der Waals surface area contributed by atoms with Gasteiger partial charge in [0.15, 0.2) is 0 Å². The van der Waals surface area contributed by atoms with Crippen LogP contribution in [0.25, 0.3) is 22.4 Å². The van der Waals surface area contributed by atoms with Gasteiger partial charge in [0.1, 0.15) is 18.3 Å². The van der Waals surface area contributed by atoms with Gasteiger partial charge in [-0.15, -0.1) is 0 Å². The molecule has 1 aromatic heterocycles. The second-order valence-electron chi connectivity index (χ2n) is 6.94. The van der Waals surface area contributed by atoms with E-state index in [0.717, 1.165) is 52.4 Å². The number of rotatable bonds is 2. The summed E-state index contributed by atoms with van der Waals surface area (Å²) < 4.78 is 5.64. The van der Waals surface area contributed by atoms with Crippen LogP contribution in [-0.4, -0.2) is 31.1 Å². The Morgan fingerprint density at radius 3 is 2.85 bits per heavy atom. The average molecular weight is 356 g/mol. The smallest absolute Gasteiger partial charge is 0.129 e. The lowest BCUT2D eigenvalue weighted by Gasteiger charge is -2.25. The molecular weight excluding hydrogens is 336 g/mol. The summed E-state index contributed by atoms with van der Waals surface area (Å²) in [5, 5.41) is 0. The van der Waals surface area contributed by atoms with Crippen LogP contribution in [0.2, 0.25) is 0 Å². The Morgan fingerprint density at radius 2 is 1.93 bits per heavy atom. The fourth-order valence-corrected chi connectivity index (χ4v) is 3.79. The van der Waals surface area contributed by atoms with Gasteiger partial charge in [0.05, 0.1) is 12.3 Å². The summed E-state index contributed by atoms with van der Waals surface area (Å²) >= 11 is 0. The quantitative estimate of drug-likeness (QED) is 0.764. The lowest BCUT2D eigenvalue weighted by atomic mass is 9.95. The van der Waals surface area contributed by atoms with E-state index >= 15 is 0 Å². The van der Waals surface area contributed by atoms with Crippen molar-refractivity contribution in [1.29, 1.82) is 0 Å². The Morgan fingerprint density at radius 1 is 1.04 bits per heavy atom. The van der Waals surface area contributed by atoms with Crippen LogP contribution >= 0.6 is 0 Å². The van der Waals surface area contributed by atoms with Crippen LogP contribution in [0, 0.1) is 0 Å². The standard InChI is InChI=1S/C22H20N4O/c1-26-13-25-22(23)18-12-14(4-6-19(18)26)17-3-2-9-24-21(17)16-5-7-20-15(11-16)8-10-27-20/h2-7,9,11-12H,8,10,13H2,1H3,(H2,23,25). The predicted octanol–water partition coefficient (Wildman–Crippen LogP) is 3.46. The third kappa shape index (κ3) is 2.63. The van der Waals surface area contributed by atoms with Crippen molar-refractivity contribution in [2.24, 2.45) is 10.7 Å². The lowest BCUT2D eigenvalue weighted by molar-refractivity contribution is 0.357. The van der Waals surface area contributed by atoms with Gasteiger partial charge in [-0.3, -0.25) is 4.98 Å². The molecule has 2 aliphatic rings. The molecule has 5 heteroatoms. The number of hydrogen-bond donors (Lipinski definition) is 1. The van der Waals surface area contributed by atoms with Gasteiger partial charge in [0, 0.05) is 42.0 Å². The fraction of sp³-hybridized carbons (Fsp3) is 0.182. The van der Waals surface area contributed by atoms with Gasteiger partial charge in [0.2, 0.25) is 0 Å². The Labute approximate surface area is 158 Å². The van der Waals surface area contributed by atoms with Gasteiger partial charge >= 0.3 is 0 Å². The second-order valence-corrected chi connectivity index (χ2v) is 6.94. The first-order chi connectivity index (χ1) is 13.2. The molecule has 5 nitrogen and oxygen atoms in total. The van der Waals surface area contributed by atoms with Crippen LogP contribution in [0.5, 0.6) is 5.75 Å². The minimum atomic E-state index is 0.588. The molecular formula is C22H20N4O. The zero-order valence-electron chi connectivity index (χ0n) is 15.1. The predicted molar refractivity (Wildman–Crippen MR) is 108 cm³/mol. The van der Waals surface area contributed by atoms with E-state index in [9.17, 15) is 0 Å². The van der Waals surface area contributed by atoms with Crippen molar-refractivity contribution in [2.45, 2.75) is 6.42 Å². The number of amidine groups is 1. The van der Waals surface area contributed by atoms with Crippen LogP contribution < -0.4 is 15.4 Å². The van der Waals surface area contributed by atoms with Crippen LogP contribution in [-0.2, 0) is 6.42 Å². The van der Waals surface area contributed by atoms with Gasteiger partial charge in [-0.25, -0.2) is 4.99 Å². The van der Waals surface area contributed by atoms with Crippen molar-refractivity contribution in [3.05, 3.63) is 65.9 Å². The third-order valence-electron chi connectivity index (χ3n) is 5.22. The minimum Gasteiger partial charge on any atom is -0.493 e. The number of nitrogens with two attached hydrogens (primary N) is 1. The molecule has 0 radical (unpaired) electrons. The molecule has 0 saturated heterocycles. The van der Waals surface area contributed by atoms with Crippen molar-refractivity contribution < 1.29 is 4.74 Å². The highest BCUT2D eigenvalue weighted by atomic mass is 16.5. The first-order valence-corrected chi connectivity index (χ1v) is 9.08. The van der Waals surface area contributed by atoms with E-state index in [1.807, 2.05) is 25.4 Å². The summed E-state index contributed by atoms with van der Waals surface area (Å²) in [6.45, 7) is 1.35. The van der Waals surface area contributed by atoms with Crippen LogP contribution in [0.1, 0.15) is 11.1 Å². The van der Waals surface area contributed by atoms with Crippen molar-refractivity contribution in [3.63, 3.8) is 0 Å². The third-order valence-corrected chi connectivity index (χ3v) is 5.22. The Hall–Kier alpha value is -3.34. The number of nitrogens with zero attached hydrogens (tertiary/aromatic N) is 3. The molecule has 134 valence electrons. The monoisotopic (exact) mass is 356 g/mol. The Balaban J connectivity index is 1.64. The summed E-state index contributed by atoms with van der Waals surface area (Å²) in [7, 11) is 2.02. The minimum absolute atomic E-state index is 0.588. The molecule has 27 heavy (non-hydrogen) atoms.